The molecular formula is C21H25N3O5S. The van der Waals surface area contributed by atoms with Crippen LogP contribution in [0.3, 0.4) is 0 Å². The van der Waals surface area contributed by atoms with Crippen molar-refractivity contribution in [1.29, 1.82) is 0 Å². The number of nitrogens with one attached hydrogen (secondary N) is 1. The van der Waals surface area contributed by atoms with Crippen LogP contribution < -0.4 is 5.32 Å². The van der Waals surface area contributed by atoms with E-state index < -0.39 is 15.9 Å². The molecule has 0 bridgehead atoms. The number of morpholine rings is 1. The molecule has 2 aromatic carbocycles. The molecule has 1 aliphatic heterocycles. The van der Waals surface area contributed by atoms with Crippen molar-refractivity contribution in [2.75, 3.05) is 45.2 Å². The van der Waals surface area contributed by atoms with Gasteiger partial charge in [0.05, 0.1) is 35.9 Å². The molecule has 0 atom stereocenters. The Bertz CT molecular complexity index is 1020. The van der Waals surface area contributed by atoms with Gasteiger partial charge in [-0.2, -0.15) is 4.31 Å². The van der Waals surface area contributed by atoms with E-state index in [2.05, 4.69) is 5.32 Å². The molecular weight excluding hydrogens is 406 g/mol. The number of carbonyl (C=O) groups is 2. The fraction of sp³-hybridized carbons (Fsp3) is 0.333. The lowest BCUT2D eigenvalue weighted by Gasteiger charge is -2.27. The fourth-order valence-electron chi connectivity index (χ4n) is 3.08. The highest BCUT2D eigenvalue weighted by Gasteiger charge is 2.25. The van der Waals surface area contributed by atoms with Gasteiger partial charge in [0.2, 0.25) is 15.9 Å². The van der Waals surface area contributed by atoms with Gasteiger partial charge in [0, 0.05) is 20.1 Å². The van der Waals surface area contributed by atoms with Crippen molar-refractivity contribution < 1.29 is 22.7 Å². The molecule has 1 fully saturated rings. The van der Waals surface area contributed by atoms with Crippen molar-refractivity contribution in [3.05, 3.63) is 59.7 Å². The third kappa shape index (κ3) is 5.05. The Morgan fingerprint density at radius 2 is 1.70 bits per heavy atom. The number of benzene rings is 2. The van der Waals surface area contributed by atoms with Gasteiger partial charge in [-0.1, -0.05) is 29.8 Å². The number of rotatable bonds is 6. The Labute approximate surface area is 176 Å². The summed E-state index contributed by atoms with van der Waals surface area (Å²) >= 11 is 0. The minimum Gasteiger partial charge on any atom is -0.378 e. The summed E-state index contributed by atoms with van der Waals surface area (Å²) in [5, 5.41) is 2.67. The molecule has 2 aromatic rings. The maximum Gasteiger partial charge on any atom is 0.256 e. The fourth-order valence-corrected chi connectivity index (χ4v) is 4.21. The van der Waals surface area contributed by atoms with Crippen molar-refractivity contribution in [1.82, 2.24) is 9.21 Å². The molecule has 0 radical (unpaired) electrons. The molecule has 1 aliphatic rings. The number of carbonyl (C=O) groups excluding carboxylic acids is 2. The van der Waals surface area contributed by atoms with Crippen molar-refractivity contribution in [3.63, 3.8) is 0 Å². The molecule has 0 aliphatic carbocycles. The maximum absolute atomic E-state index is 12.8. The number of sulfonamides is 1. The van der Waals surface area contributed by atoms with Crippen LogP contribution in [0.2, 0.25) is 0 Å². The lowest BCUT2D eigenvalue weighted by Crippen LogP contribution is -2.41. The van der Waals surface area contributed by atoms with E-state index in [9.17, 15) is 18.0 Å². The largest absolute Gasteiger partial charge is 0.378 e. The van der Waals surface area contributed by atoms with Gasteiger partial charge in [0.25, 0.3) is 5.91 Å². The van der Waals surface area contributed by atoms with Crippen LogP contribution in [-0.2, 0) is 19.6 Å². The summed E-state index contributed by atoms with van der Waals surface area (Å²) < 4.78 is 31.6. The lowest BCUT2D eigenvalue weighted by molar-refractivity contribution is -0.116. The van der Waals surface area contributed by atoms with E-state index in [0.29, 0.717) is 37.6 Å². The van der Waals surface area contributed by atoms with Crippen molar-refractivity contribution in [2.24, 2.45) is 0 Å². The number of aryl methyl sites for hydroxylation is 1. The predicted molar refractivity (Wildman–Crippen MR) is 113 cm³/mol. The molecule has 1 heterocycles. The molecule has 1 saturated heterocycles. The Balaban J connectivity index is 1.70. The standard InChI is InChI=1S/C21H25N3O5S/c1-16-7-9-17(10-8-16)30(27,28)23(2)15-20(25)22-19-6-4-3-5-18(19)21(26)24-11-13-29-14-12-24/h3-10H,11-15H2,1-2H3,(H,22,25). The number of para-hydroxylation sites is 1. The molecule has 30 heavy (non-hydrogen) atoms. The van der Waals surface area contributed by atoms with Crippen LogP contribution in [0.4, 0.5) is 5.69 Å². The van der Waals surface area contributed by atoms with E-state index in [1.165, 1.54) is 19.2 Å². The molecule has 0 spiro atoms. The number of amides is 2. The average molecular weight is 432 g/mol. The molecule has 0 aromatic heterocycles. The second kappa shape index (κ2) is 9.38. The van der Waals surface area contributed by atoms with Crippen LogP contribution in [0.1, 0.15) is 15.9 Å². The van der Waals surface area contributed by atoms with Crippen LogP contribution in [-0.4, -0.2) is 69.3 Å². The summed E-state index contributed by atoms with van der Waals surface area (Å²) in [6.07, 6.45) is 0. The first-order valence-electron chi connectivity index (χ1n) is 9.58. The minimum absolute atomic E-state index is 0.117. The molecule has 8 nitrogen and oxygen atoms in total. The maximum atomic E-state index is 12.8. The van der Waals surface area contributed by atoms with Gasteiger partial charge in [-0.05, 0) is 31.2 Å². The zero-order chi connectivity index (χ0) is 21.7. The second-order valence-electron chi connectivity index (χ2n) is 7.07. The van der Waals surface area contributed by atoms with E-state index in [1.807, 2.05) is 6.92 Å². The molecule has 9 heteroatoms. The number of anilines is 1. The first-order valence-corrected chi connectivity index (χ1v) is 11.0. The average Bonchev–Trinajstić information content (AvgIpc) is 2.74. The highest BCUT2D eigenvalue weighted by molar-refractivity contribution is 7.89. The topological polar surface area (TPSA) is 96.0 Å². The number of hydrogen-bond donors (Lipinski definition) is 1. The summed E-state index contributed by atoms with van der Waals surface area (Å²) in [6.45, 7) is 3.40. The van der Waals surface area contributed by atoms with Crippen LogP contribution in [0.5, 0.6) is 0 Å². The number of hydrogen-bond acceptors (Lipinski definition) is 5. The minimum atomic E-state index is -3.80. The first-order chi connectivity index (χ1) is 14.3. The second-order valence-corrected chi connectivity index (χ2v) is 9.12. The van der Waals surface area contributed by atoms with Gasteiger partial charge in [-0.25, -0.2) is 8.42 Å². The van der Waals surface area contributed by atoms with E-state index in [-0.39, 0.29) is 17.3 Å². The van der Waals surface area contributed by atoms with Crippen LogP contribution >= 0.6 is 0 Å². The highest BCUT2D eigenvalue weighted by Crippen LogP contribution is 2.19. The van der Waals surface area contributed by atoms with E-state index in [1.54, 1.807) is 41.3 Å². The van der Waals surface area contributed by atoms with Crippen molar-refractivity contribution in [3.8, 4) is 0 Å². The molecule has 160 valence electrons. The molecule has 2 amide bonds. The SMILES string of the molecule is Cc1ccc(S(=O)(=O)N(C)CC(=O)Nc2ccccc2C(=O)N2CCOCC2)cc1. The normalized spacial score (nSPS) is 14.6. The Morgan fingerprint density at radius 3 is 2.37 bits per heavy atom. The zero-order valence-electron chi connectivity index (χ0n) is 17.0. The molecule has 0 unspecified atom stereocenters. The monoisotopic (exact) mass is 431 g/mol. The van der Waals surface area contributed by atoms with Crippen molar-refractivity contribution in [2.45, 2.75) is 11.8 Å². The Hall–Kier alpha value is -2.75. The first kappa shape index (κ1) is 21.9. The summed E-state index contributed by atoms with van der Waals surface area (Å²) in [5.74, 6) is -0.731. The van der Waals surface area contributed by atoms with Gasteiger partial charge in [0.15, 0.2) is 0 Å². The third-order valence-electron chi connectivity index (χ3n) is 4.83. The summed E-state index contributed by atoms with van der Waals surface area (Å²) in [6, 6.07) is 13.1. The van der Waals surface area contributed by atoms with Gasteiger partial charge in [-0.3, -0.25) is 9.59 Å². The van der Waals surface area contributed by atoms with Crippen LogP contribution in [0, 0.1) is 6.92 Å². The molecule has 3 rings (SSSR count). The van der Waals surface area contributed by atoms with E-state index in [4.69, 9.17) is 4.74 Å². The van der Waals surface area contributed by atoms with E-state index >= 15 is 0 Å². The third-order valence-corrected chi connectivity index (χ3v) is 6.64. The van der Waals surface area contributed by atoms with Crippen LogP contribution in [0.25, 0.3) is 0 Å². The van der Waals surface area contributed by atoms with Crippen molar-refractivity contribution >= 4 is 27.5 Å². The van der Waals surface area contributed by atoms with Gasteiger partial charge in [-0.15, -0.1) is 0 Å². The Kier molecular flexibility index (Phi) is 6.86. The number of likely N-dealkylation sites (N-methyl/N-ethyl adjacent to an activating group) is 1. The quantitative estimate of drug-likeness (QED) is 0.752. The highest BCUT2D eigenvalue weighted by atomic mass is 32.2. The zero-order valence-corrected chi connectivity index (χ0v) is 17.8. The number of ether oxygens (including phenoxy) is 1. The lowest BCUT2D eigenvalue weighted by atomic mass is 10.1. The van der Waals surface area contributed by atoms with E-state index in [0.717, 1.165) is 9.87 Å². The smallest absolute Gasteiger partial charge is 0.256 e. The number of nitrogens with zero attached hydrogens (tertiary/aromatic N) is 2. The summed E-state index contributed by atoms with van der Waals surface area (Å²) in [5.41, 5.74) is 1.65. The summed E-state index contributed by atoms with van der Waals surface area (Å²) in [7, 11) is -2.46. The van der Waals surface area contributed by atoms with Gasteiger partial charge < -0.3 is 15.0 Å². The van der Waals surface area contributed by atoms with Gasteiger partial charge >= 0.3 is 0 Å². The van der Waals surface area contributed by atoms with Gasteiger partial charge in [0.1, 0.15) is 0 Å². The molecule has 0 saturated carbocycles. The Morgan fingerprint density at radius 1 is 1.07 bits per heavy atom. The summed E-state index contributed by atoms with van der Waals surface area (Å²) in [4.78, 5) is 27.1. The van der Waals surface area contributed by atoms with Crippen LogP contribution in [0.15, 0.2) is 53.4 Å². The molecule has 1 N–H and O–H groups in total. The predicted octanol–water partition coefficient (Wildman–Crippen LogP) is 1.73.